The summed E-state index contributed by atoms with van der Waals surface area (Å²) in [6, 6.07) is 10.0. The molecule has 0 unspecified atom stereocenters. The molecule has 106 valence electrons. The quantitative estimate of drug-likeness (QED) is 0.705. The smallest absolute Gasteiger partial charge is 0.258 e. The highest BCUT2D eigenvalue weighted by molar-refractivity contribution is 9.10. The standard InChI is InChI=1S/C15H11BrFN3O/c1-8-6-10(18)3-4-11(8)15-19-14(20-21-15)9-2-5-13(17)12(16)7-9/h2-7H,18H2,1H3. The summed E-state index contributed by atoms with van der Waals surface area (Å²) in [4.78, 5) is 4.35. The van der Waals surface area contributed by atoms with Gasteiger partial charge in [-0.25, -0.2) is 4.39 Å². The second-order valence-corrected chi connectivity index (χ2v) is 5.48. The molecule has 0 aliphatic rings. The Balaban J connectivity index is 2.01. The minimum absolute atomic E-state index is 0.336. The minimum atomic E-state index is -0.336. The average Bonchev–Trinajstić information content (AvgIpc) is 2.91. The second-order valence-electron chi connectivity index (χ2n) is 4.63. The molecule has 1 heterocycles. The number of benzene rings is 2. The van der Waals surface area contributed by atoms with E-state index in [-0.39, 0.29) is 5.82 Å². The Bertz CT molecular complexity index is 816. The molecule has 2 aromatic carbocycles. The number of nitrogens with zero attached hydrogens (tertiary/aromatic N) is 2. The molecule has 0 aliphatic heterocycles. The molecule has 0 saturated heterocycles. The Morgan fingerprint density at radius 2 is 2.00 bits per heavy atom. The van der Waals surface area contributed by atoms with Crippen LogP contribution in [0.3, 0.4) is 0 Å². The van der Waals surface area contributed by atoms with Crippen LogP contribution in [0.4, 0.5) is 10.1 Å². The molecule has 21 heavy (non-hydrogen) atoms. The number of aryl methyl sites for hydroxylation is 1. The summed E-state index contributed by atoms with van der Waals surface area (Å²) in [5.74, 6) is 0.474. The van der Waals surface area contributed by atoms with Gasteiger partial charge in [-0.1, -0.05) is 5.16 Å². The van der Waals surface area contributed by atoms with Crippen LogP contribution in [0.25, 0.3) is 22.8 Å². The first-order chi connectivity index (χ1) is 10.0. The van der Waals surface area contributed by atoms with E-state index < -0.39 is 0 Å². The Morgan fingerprint density at radius 1 is 1.19 bits per heavy atom. The zero-order valence-corrected chi connectivity index (χ0v) is 12.7. The summed E-state index contributed by atoms with van der Waals surface area (Å²) in [6.07, 6.45) is 0. The van der Waals surface area contributed by atoms with Crippen LogP contribution in [-0.4, -0.2) is 10.1 Å². The molecule has 0 aliphatic carbocycles. The number of aromatic nitrogens is 2. The molecule has 0 spiro atoms. The van der Waals surface area contributed by atoms with Gasteiger partial charge in [-0.3, -0.25) is 0 Å². The van der Waals surface area contributed by atoms with Gasteiger partial charge in [0, 0.05) is 16.8 Å². The maximum absolute atomic E-state index is 13.3. The number of hydrogen-bond donors (Lipinski definition) is 1. The first-order valence-corrected chi connectivity index (χ1v) is 6.99. The van der Waals surface area contributed by atoms with Crippen molar-refractivity contribution >= 4 is 21.6 Å². The normalized spacial score (nSPS) is 10.8. The number of rotatable bonds is 2. The molecule has 3 rings (SSSR count). The second kappa shape index (κ2) is 5.29. The van der Waals surface area contributed by atoms with Crippen LogP contribution in [0.1, 0.15) is 5.56 Å². The lowest BCUT2D eigenvalue weighted by atomic mass is 10.1. The van der Waals surface area contributed by atoms with Crippen LogP contribution >= 0.6 is 15.9 Å². The fourth-order valence-corrected chi connectivity index (χ4v) is 2.39. The van der Waals surface area contributed by atoms with E-state index in [1.54, 1.807) is 18.2 Å². The van der Waals surface area contributed by atoms with Crippen molar-refractivity contribution < 1.29 is 8.91 Å². The molecule has 0 amide bonds. The zero-order valence-electron chi connectivity index (χ0n) is 11.1. The van der Waals surface area contributed by atoms with Crippen LogP contribution in [0.2, 0.25) is 0 Å². The van der Waals surface area contributed by atoms with Gasteiger partial charge in [-0.2, -0.15) is 4.98 Å². The molecule has 3 aromatic rings. The summed E-state index contributed by atoms with van der Waals surface area (Å²) >= 11 is 3.14. The number of nitrogens with two attached hydrogens (primary N) is 1. The Kier molecular flexibility index (Phi) is 3.47. The van der Waals surface area contributed by atoms with Crippen LogP contribution in [0.15, 0.2) is 45.4 Å². The van der Waals surface area contributed by atoms with E-state index in [0.717, 1.165) is 11.1 Å². The summed E-state index contributed by atoms with van der Waals surface area (Å²) in [7, 11) is 0. The first kappa shape index (κ1) is 13.8. The largest absolute Gasteiger partial charge is 0.399 e. The molecule has 0 atom stereocenters. The molecule has 6 heteroatoms. The van der Waals surface area contributed by atoms with Gasteiger partial charge in [0.2, 0.25) is 5.82 Å². The SMILES string of the molecule is Cc1cc(N)ccc1-c1nc(-c2ccc(F)c(Br)c2)no1. The predicted octanol–water partition coefficient (Wildman–Crippen LogP) is 4.20. The van der Waals surface area contributed by atoms with Crippen LogP contribution in [-0.2, 0) is 0 Å². The van der Waals surface area contributed by atoms with Gasteiger partial charge in [-0.05, 0) is 64.8 Å². The fraction of sp³-hybridized carbons (Fsp3) is 0.0667. The van der Waals surface area contributed by atoms with E-state index in [2.05, 4.69) is 26.1 Å². The van der Waals surface area contributed by atoms with Crippen LogP contribution in [0, 0.1) is 12.7 Å². The highest BCUT2D eigenvalue weighted by Crippen LogP contribution is 2.28. The van der Waals surface area contributed by atoms with Crippen molar-refractivity contribution in [1.29, 1.82) is 0 Å². The molecule has 0 fully saturated rings. The van der Waals surface area contributed by atoms with Crippen molar-refractivity contribution in [2.45, 2.75) is 6.92 Å². The van der Waals surface area contributed by atoms with Crippen molar-refractivity contribution in [1.82, 2.24) is 10.1 Å². The van der Waals surface area contributed by atoms with Crippen LogP contribution < -0.4 is 5.73 Å². The lowest BCUT2D eigenvalue weighted by Crippen LogP contribution is -1.89. The summed E-state index contributed by atoms with van der Waals surface area (Å²) in [6.45, 7) is 1.92. The number of anilines is 1. The number of halogens is 2. The molecule has 0 radical (unpaired) electrons. The van der Waals surface area contributed by atoms with Gasteiger partial charge in [0.05, 0.1) is 4.47 Å². The van der Waals surface area contributed by atoms with E-state index in [1.165, 1.54) is 6.07 Å². The fourth-order valence-electron chi connectivity index (χ4n) is 2.01. The van der Waals surface area contributed by atoms with E-state index in [0.29, 0.717) is 27.4 Å². The van der Waals surface area contributed by atoms with E-state index in [9.17, 15) is 4.39 Å². The molecule has 0 bridgehead atoms. The van der Waals surface area contributed by atoms with Gasteiger partial charge in [0.15, 0.2) is 0 Å². The lowest BCUT2D eigenvalue weighted by Gasteiger charge is -2.01. The highest BCUT2D eigenvalue weighted by Gasteiger charge is 2.13. The topological polar surface area (TPSA) is 64.9 Å². The summed E-state index contributed by atoms with van der Waals surface area (Å²) in [5, 5.41) is 3.94. The van der Waals surface area contributed by atoms with Crippen molar-refractivity contribution in [2.75, 3.05) is 5.73 Å². The van der Waals surface area contributed by atoms with Gasteiger partial charge in [0.25, 0.3) is 5.89 Å². The predicted molar refractivity (Wildman–Crippen MR) is 82.0 cm³/mol. The summed E-state index contributed by atoms with van der Waals surface area (Å²) in [5.41, 5.74) is 8.85. The van der Waals surface area contributed by atoms with E-state index >= 15 is 0 Å². The molecule has 0 saturated carbocycles. The van der Waals surface area contributed by atoms with Gasteiger partial charge < -0.3 is 10.3 Å². The first-order valence-electron chi connectivity index (χ1n) is 6.20. The number of hydrogen-bond acceptors (Lipinski definition) is 4. The van der Waals surface area contributed by atoms with Gasteiger partial charge >= 0.3 is 0 Å². The Morgan fingerprint density at radius 3 is 2.71 bits per heavy atom. The maximum atomic E-state index is 13.3. The third-order valence-corrected chi connectivity index (χ3v) is 3.69. The molecule has 4 nitrogen and oxygen atoms in total. The lowest BCUT2D eigenvalue weighted by molar-refractivity contribution is 0.432. The van der Waals surface area contributed by atoms with Crippen molar-refractivity contribution in [3.05, 3.63) is 52.3 Å². The van der Waals surface area contributed by atoms with Crippen molar-refractivity contribution in [3.63, 3.8) is 0 Å². The van der Waals surface area contributed by atoms with Crippen LogP contribution in [0.5, 0.6) is 0 Å². The molecular weight excluding hydrogens is 337 g/mol. The molecular formula is C15H11BrFN3O. The Hall–Kier alpha value is -2.21. The Labute approximate surface area is 128 Å². The van der Waals surface area contributed by atoms with E-state index in [1.807, 2.05) is 19.1 Å². The van der Waals surface area contributed by atoms with Gasteiger partial charge in [-0.15, -0.1) is 0 Å². The number of nitrogen functional groups attached to an aromatic ring is 1. The zero-order chi connectivity index (χ0) is 15.0. The monoisotopic (exact) mass is 347 g/mol. The third-order valence-electron chi connectivity index (χ3n) is 3.08. The molecule has 2 N–H and O–H groups in total. The van der Waals surface area contributed by atoms with Crippen molar-refractivity contribution in [2.24, 2.45) is 0 Å². The van der Waals surface area contributed by atoms with Crippen molar-refractivity contribution in [3.8, 4) is 22.8 Å². The average molecular weight is 348 g/mol. The molecule has 1 aromatic heterocycles. The third kappa shape index (κ3) is 2.67. The highest BCUT2D eigenvalue weighted by atomic mass is 79.9. The van der Waals surface area contributed by atoms with E-state index in [4.69, 9.17) is 10.3 Å². The van der Waals surface area contributed by atoms with Gasteiger partial charge in [0.1, 0.15) is 5.82 Å². The minimum Gasteiger partial charge on any atom is -0.399 e. The summed E-state index contributed by atoms with van der Waals surface area (Å²) < 4.78 is 18.9. The maximum Gasteiger partial charge on any atom is 0.258 e.